The topological polar surface area (TPSA) is 61.7 Å². The van der Waals surface area contributed by atoms with Crippen molar-refractivity contribution in [2.24, 2.45) is 0 Å². The summed E-state index contributed by atoms with van der Waals surface area (Å²) in [5.41, 5.74) is 12.2. The number of para-hydroxylation sites is 3. The number of aromatic nitrogens is 5. The Labute approximate surface area is 375 Å². The summed E-state index contributed by atoms with van der Waals surface area (Å²) in [6.45, 7) is 2.14. The fourth-order valence-electron chi connectivity index (χ4n) is 10.2. The van der Waals surface area contributed by atoms with E-state index in [-0.39, 0.29) is 0 Å². The first-order chi connectivity index (χ1) is 32.1. The van der Waals surface area contributed by atoms with Crippen LogP contribution < -0.4 is 0 Å². The molecule has 0 unspecified atom stereocenters. The molecule has 0 atom stereocenters. The van der Waals surface area contributed by atoms with Gasteiger partial charge in [0.2, 0.25) is 5.95 Å². The molecule has 0 aliphatic rings. The van der Waals surface area contributed by atoms with Gasteiger partial charge >= 0.3 is 0 Å². The van der Waals surface area contributed by atoms with Crippen molar-refractivity contribution in [2.75, 3.05) is 0 Å². The molecule has 7 heteroatoms. The van der Waals surface area contributed by atoms with Crippen LogP contribution in [0.5, 0.6) is 0 Å². The van der Waals surface area contributed by atoms with Crippen LogP contribution in [0.4, 0.5) is 0 Å². The summed E-state index contributed by atoms with van der Waals surface area (Å²) in [5, 5.41) is 9.11. The Kier molecular flexibility index (Phi) is 7.67. The molecular weight excluding hydrogens is 815 g/mol. The average molecular weight is 850 g/mol. The van der Waals surface area contributed by atoms with Crippen molar-refractivity contribution in [3.8, 4) is 45.5 Å². The maximum absolute atomic E-state index is 6.72. The highest BCUT2D eigenvalue weighted by atomic mass is 32.1. The number of fused-ring (bicyclic) bond motifs is 13. The molecule has 0 saturated carbocycles. The largest absolute Gasteiger partial charge is 0.455 e. The van der Waals surface area contributed by atoms with E-state index in [1.807, 2.05) is 24.3 Å². The summed E-state index contributed by atoms with van der Waals surface area (Å²) in [6.07, 6.45) is 0. The number of nitrogens with zero attached hydrogens (tertiary/aromatic N) is 5. The first kappa shape index (κ1) is 36.1. The Morgan fingerprint density at radius 2 is 1.06 bits per heavy atom. The van der Waals surface area contributed by atoms with Crippen LogP contribution in [0.15, 0.2) is 199 Å². The lowest BCUT2D eigenvalue weighted by molar-refractivity contribution is 0.670. The molecule has 0 aliphatic carbocycles. The van der Waals surface area contributed by atoms with Crippen molar-refractivity contribution in [3.63, 3.8) is 0 Å². The van der Waals surface area contributed by atoms with Gasteiger partial charge in [-0.3, -0.25) is 4.57 Å². The molecule has 0 spiro atoms. The lowest BCUT2D eigenvalue weighted by Crippen LogP contribution is -2.07. The van der Waals surface area contributed by atoms with Gasteiger partial charge in [0, 0.05) is 74.9 Å². The van der Waals surface area contributed by atoms with Gasteiger partial charge in [0.1, 0.15) is 11.2 Å². The third-order valence-corrected chi connectivity index (χ3v) is 14.2. The van der Waals surface area contributed by atoms with Crippen LogP contribution in [0.25, 0.3) is 131 Å². The van der Waals surface area contributed by atoms with Gasteiger partial charge in [-0.25, -0.2) is 4.98 Å². The van der Waals surface area contributed by atoms with E-state index in [1.165, 1.54) is 21.0 Å². The van der Waals surface area contributed by atoms with Crippen molar-refractivity contribution < 1.29 is 4.42 Å². The van der Waals surface area contributed by atoms with Crippen LogP contribution in [0, 0.1) is 6.92 Å². The number of thiophene rings is 1. The number of aryl methyl sites for hydroxylation is 1. The fourth-order valence-corrected chi connectivity index (χ4v) is 11.4. The first-order valence-corrected chi connectivity index (χ1v) is 22.7. The summed E-state index contributed by atoms with van der Waals surface area (Å²) >= 11 is 1.78. The Morgan fingerprint density at radius 1 is 0.431 bits per heavy atom. The summed E-state index contributed by atoms with van der Waals surface area (Å²) in [5.74, 6) is 1.80. The maximum atomic E-state index is 6.72. The third kappa shape index (κ3) is 5.36. The van der Waals surface area contributed by atoms with Gasteiger partial charge in [-0.2, -0.15) is 9.97 Å². The van der Waals surface area contributed by atoms with Gasteiger partial charge in [-0.15, -0.1) is 11.3 Å². The third-order valence-electron chi connectivity index (χ3n) is 13.0. The molecule has 9 aromatic carbocycles. The Bertz CT molecular complexity index is 4270. The number of benzene rings is 9. The van der Waals surface area contributed by atoms with Crippen LogP contribution in [0.1, 0.15) is 5.56 Å². The van der Waals surface area contributed by atoms with Crippen molar-refractivity contribution in [1.82, 2.24) is 24.1 Å². The number of rotatable bonds is 5. The van der Waals surface area contributed by atoms with Crippen LogP contribution >= 0.6 is 11.3 Å². The van der Waals surface area contributed by atoms with Gasteiger partial charge in [0.05, 0.1) is 22.1 Å². The molecule has 6 nitrogen and oxygen atoms in total. The van der Waals surface area contributed by atoms with E-state index in [4.69, 9.17) is 19.4 Å². The normalized spacial score (nSPS) is 12.1. The van der Waals surface area contributed by atoms with Gasteiger partial charge < -0.3 is 8.98 Å². The van der Waals surface area contributed by atoms with Crippen molar-refractivity contribution in [1.29, 1.82) is 0 Å². The monoisotopic (exact) mass is 849 g/mol. The molecule has 0 aliphatic heterocycles. The molecule has 0 radical (unpaired) electrons. The van der Waals surface area contributed by atoms with Crippen LogP contribution in [-0.2, 0) is 0 Å². The summed E-state index contributed by atoms with van der Waals surface area (Å²) in [6, 6.07) is 68.9. The Hall–Kier alpha value is -8.39. The van der Waals surface area contributed by atoms with E-state index < -0.39 is 0 Å². The number of hydrogen-bond donors (Lipinski definition) is 0. The second-order valence-electron chi connectivity index (χ2n) is 16.8. The Morgan fingerprint density at radius 3 is 1.86 bits per heavy atom. The molecule has 0 fully saturated rings. The zero-order valence-electron chi connectivity index (χ0n) is 35.0. The molecule has 304 valence electrons. The van der Waals surface area contributed by atoms with Crippen molar-refractivity contribution >= 4 is 97.1 Å². The first-order valence-electron chi connectivity index (χ1n) is 21.9. The molecule has 0 amide bonds. The standard InChI is InChI=1S/C58H35N5OS/c1-34-15-13-18-36(31-34)46-32-37(33-47-40-21-7-11-27-50(40)64-54(46)47)62-48-25-9-5-19-38(48)42-29-30-43-39-20-6-10-26-49(39)63(53(43)52(42)62)58-60-56(35-16-3-2-4-17-35)59-57(61-58)45-24-14-23-44-41-22-8-12-28-51(41)65-55(44)45/h2-33H,1H3. The minimum Gasteiger partial charge on any atom is -0.455 e. The highest BCUT2D eigenvalue weighted by molar-refractivity contribution is 7.26. The molecule has 5 heterocycles. The second-order valence-corrected chi connectivity index (χ2v) is 17.9. The van der Waals surface area contributed by atoms with E-state index in [0.717, 1.165) is 98.2 Å². The van der Waals surface area contributed by atoms with Gasteiger partial charge in [0.25, 0.3) is 0 Å². The predicted molar refractivity (Wildman–Crippen MR) is 270 cm³/mol. The van der Waals surface area contributed by atoms with Crippen LogP contribution in [0.2, 0.25) is 0 Å². The molecule has 65 heavy (non-hydrogen) atoms. The van der Waals surface area contributed by atoms with Crippen LogP contribution in [0.3, 0.4) is 0 Å². The molecule has 14 aromatic rings. The van der Waals surface area contributed by atoms with Crippen molar-refractivity contribution in [2.45, 2.75) is 6.92 Å². The van der Waals surface area contributed by atoms with E-state index in [0.29, 0.717) is 17.6 Å². The second kappa shape index (κ2) is 13.8. The van der Waals surface area contributed by atoms with E-state index in [1.54, 1.807) is 11.3 Å². The fraction of sp³-hybridized carbons (Fsp3) is 0.0172. The smallest absolute Gasteiger partial charge is 0.238 e. The summed E-state index contributed by atoms with van der Waals surface area (Å²) in [4.78, 5) is 16.2. The van der Waals surface area contributed by atoms with Gasteiger partial charge in [-0.05, 0) is 55.0 Å². The lowest BCUT2D eigenvalue weighted by Gasteiger charge is -2.15. The molecule has 0 N–H and O–H groups in total. The van der Waals surface area contributed by atoms with Gasteiger partial charge in [0.15, 0.2) is 11.6 Å². The molecular formula is C58H35N5OS. The highest BCUT2D eigenvalue weighted by Crippen LogP contribution is 2.45. The Balaban J connectivity index is 1.13. The zero-order chi connectivity index (χ0) is 42.8. The molecule has 14 rings (SSSR count). The quantitative estimate of drug-likeness (QED) is 0.173. The SMILES string of the molecule is Cc1cccc(-c2cc(-n3c4ccccc4c4ccc5c6ccccc6n(-c6nc(-c7ccccc7)nc(-c7cccc8c7sc7ccccc78)n6)c5c43)cc3c2oc2ccccc23)c1. The minimum absolute atomic E-state index is 0.555. The maximum Gasteiger partial charge on any atom is 0.238 e. The summed E-state index contributed by atoms with van der Waals surface area (Å²) in [7, 11) is 0. The number of hydrogen-bond acceptors (Lipinski definition) is 5. The van der Waals surface area contributed by atoms with E-state index >= 15 is 0 Å². The van der Waals surface area contributed by atoms with Gasteiger partial charge in [-0.1, -0.05) is 157 Å². The van der Waals surface area contributed by atoms with Crippen molar-refractivity contribution in [3.05, 3.63) is 200 Å². The predicted octanol–water partition coefficient (Wildman–Crippen LogP) is 15.6. The minimum atomic E-state index is 0.555. The molecule has 0 saturated heterocycles. The molecule has 5 aromatic heterocycles. The van der Waals surface area contributed by atoms with Crippen LogP contribution in [-0.4, -0.2) is 24.1 Å². The van der Waals surface area contributed by atoms with E-state index in [2.05, 4.69) is 186 Å². The van der Waals surface area contributed by atoms with E-state index in [9.17, 15) is 0 Å². The highest BCUT2D eigenvalue weighted by Gasteiger charge is 2.25. The number of furan rings is 1. The summed E-state index contributed by atoms with van der Waals surface area (Å²) < 4.78 is 13.8. The zero-order valence-corrected chi connectivity index (χ0v) is 35.8. The molecule has 0 bridgehead atoms. The average Bonchev–Trinajstić information content (AvgIpc) is 4.12. The lowest BCUT2D eigenvalue weighted by atomic mass is 9.99.